The Morgan fingerprint density at radius 1 is 1.15 bits per heavy atom. The summed E-state index contributed by atoms with van der Waals surface area (Å²) in [5.41, 5.74) is 2.80. The van der Waals surface area contributed by atoms with Gasteiger partial charge >= 0.3 is 18.1 Å². The molecule has 1 heterocycles. The minimum Gasteiger partial charge on any atom is -0.447 e. The third-order valence-corrected chi connectivity index (χ3v) is 6.49. The van der Waals surface area contributed by atoms with Crippen LogP contribution in [0.5, 0.6) is 0 Å². The average Bonchev–Trinajstić information content (AvgIpc) is 3.02. The second-order valence-corrected chi connectivity index (χ2v) is 9.45. The highest BCUT2D eigenvalue weighted by atomic mass is 19.4. The highest BCUT2D eigenvalue weighted by Gasteiger charge is 2.53. The second kappa shape index (κ2) is 10.1. The summed E-state index contributed by atoms with van der Waals surface area (Å²) in [7, 11) is 0. The Bertz CT molecular complexity index is 944. The second-order valence-electron chi connectivity index (χ2n) is 9.45. The van der Waals surface area contributed by atoms with Gasteiger partial charge in [-0.05, 0) is 62.1 Å². The molecule has 0 radical (unpaired) electrons. The Morgan fingerprint density at radius 3 is 2.18 bits per heavy atom. The van der Waals surface area contributed by atoms with Crippen LogP contribution in [0.15, 0.2) is 17.9 Å². The van der Waals surface area contributed by atoms with E-state index in [-0.39, 0.29) is 37.0 Å². The van der Waals surface area contributed by atoms with E-state index in [4.69, 9.17) is 14.2 Å². The van der Waals surface area contributed by atoms with Crippen molar-refractivity contribution in [3.8, 4) is 0 Å². The zero-order valence-electron chi connectivity index (χ0n) is 20.4. The van der Waals surface area contributed by atoms with Crippen LogP contribution in [0.25, 0.3) is 5.57 Å². The minimum absolute atomic E-state index is 0.193. The lowest BCUT2D eigenvalue weighted by Crippen LogP contribution is -2.41. The molecule has 5 nitrogen and oxygen atoms in total. The summed E-state index contributed by atoms with van der Waals surface area (Å²) in [6, 6.07) is 4.03. The zero-order chi connectivity index (χ0) is 25.3. The normalized spacial score (nSPS) is 23.1. The van der Waals surface area contributed by atoms with Crippen molar-refractivity contribution in [2.75, 3.05) is 6.61 Å². The van der Waals surface area contributed by atoms with E-state index in [1.54, 1.807) is 13.8 Å². The van der Waals surface area contributed by atoms with Gasteiger partial charge in [0, 0.05) is 0 Å². The monoisotopic (exact) mass is 482 g/mol. The van der Waals surface area contributed by atoms with Crippen molar-refractivity contribution in [1.82, 2.24) is 0 Å². The molecule has 3 rings (SSSR count). The van der Waals surface area contributed by atoms with E-state index < -0.39 is 42.3 Å². The molecule has 1 fully saturated rings. The first kappa shape index (κ1) is 26.3. The number of hydrogen-bond acceptors (Lipinski definition) is 5. The fraction of sp³-hybridized carbons (Fsp3) is 0.615. The molecule has 1 aliphatic heterocycles. The van der Waals surface area contributed by atoms with Crippen LogP contribution >= 0.6 is 0 Å². The molecular weight excluding hydrogens is 449 g/mol. The molecule has 8 heteroatoms. The summed E-state index contributed by atoms with van der Waals surface area (Å²) < 4.78 is 54.6. The highest BCUT2D eigenvalue weighted by molar-refractivity contribution is 6.21. The van der Waals surface area contributed by atoms with Crippen molar-refractivity contribution < 1.29 is 37.0 Å². The SMILES string of the molecule is CCc1cc(C)cc(CC)c1C1=C(OC(=O)C(C)C)[C@]2(CC[C@H](OCC(F)(F)F)CC2)OC1=O. The maximum atomic E-state index is 13.3. The molecule has 1 saturated carbocycles. The van der Waals surface area contributed by atoms with Crippen LogP contribution in [0, 0.1) is 12.8 Å². The largest absolute Gasteiger partial charge is 0.447 e. The van der Waals surface area contributed by atoms with Gasteiger partial charge in [-0.3, -0.25) is 4.79 Å². The first-order valence-electron chi connectivity index (χ1n) is 11.9. The van der Waals surface area contributed by atoms with E-state index in [0.717, 1.165) is 22.3 Å². The number of benzene rings is 1. The van der Waals surface area contributed by atoms with Crippen LogP contribution in [0.3, 0.4) is 0 Å². The van der Waals surface area contributed by atoms with Gasteiger partial charge in [-0.25, -0.2) is 4.79 Å². The lowest BCUT2D eigenvalue weighted by Gasteiger charge is -2.37. The van der Waals surface area contributed by atoms with Crippen molar-refractivity contribution in [3.05, 3.63) is 40.1 Å². The molecule has 0 amide bonds. The van der Waals surface area contributed by atoms with Crippen molar-refractivity contribution >= 4 is 17.5 Å². The third kappa shape index (κ3) is 5.48. The van der Waals surface area contributed by atoms with Crippen LogP contribution in [0.2, 0.25) is 0 Å². The topological polar surface area (TPSA) is 61.8 Å². The molecule has 188 valence electrons. The summed E-state index contributed by atoms with van der Waals surface area (Å²) >= 11 is 0. The molecular formula is C26H33F3O5. The van der Waals surface area contributed by atoms with Crippen molar-refractivity contribution in [2.45, 2.75) is 91.0 Å². The van der Waals surface area contributed by atoms with Crippen LogP contribution in [-0.2, 0) is 36.6 Å². The number of carbonyl (C=O) groups excluding carboxylic acids is 2. The summed E-state index contributed by atoms with van der Waals surface area (Å²) in [5.74, 6) is -1.28. The van der Waals surface area contributed by atoms with E-state index in [0.29, 0.717) is 12.8 Å². The lowest BCUT2D eigenvalue weighted by atomic mass is 9.80. The van der Waals surface area contributed by atoms with E-state index >= 15 is 0 Å². The summed E-state index contributed by atoms with van der Waals surface area (Å²) in [5, 5.41) is 0. The summed E-state index contributed by atoms with van der Waals surface area (Å²) in [6.07, 6.45) is -2.70. The summed E-state index contributed by atoms with van der Waals surface area (Å²) in [4.78, 5) is 26.0. The van der Waals surface area contributed by atoms with Gasteiger partial charge in [-0.2, -0.15) is 13.2 Å². The molecule has 2 aliphatic rings. The highest BCUT2D eigenvalue weighted by Crippen LogP contribution is 2.49. The van der Waals surface area contributed by atoms with E-state index in [2.05, 4.69) is 0 Å². The number of alkyl halides is 3. The van der Waals surface area contributed by atoms with E-state index in [9.17, 15) is 22.8 Å². The number of hydrogen-bond donors (Lipinski definition) is 0. The third-order valence-electron chi connectivity index (χ3n) is 6.49. The molecule has 0 aromatic heterocycles. The maximum absolute atomic E-state index is 13.3. The number of ether oxygens (including phenoxy) is 3. The Kier molecular flexibility index (Phi) is 7.80. The number of aryl methyl sites for hydroxylation is 3. The number of esters is 2. The Morgan fingerprint density at radius 2 is 1.71 bits per heavy atom. The molecule has 1 aromatic rings. The molecule has 1 aromatic carbocycles. The van der Waals surface area contributed by atoms with Gasteiger partial charge in [0.2, 0.25) is 0 Å². The quantitative estimate of drug-likeness (QED) is 0.457. The van der Waals surface area contributed by atoms with E-state index in [1.807, 2.05) is 32.9 Å². The van der Waals surface area contributed by atoms with Gasteiger partial charge in [-0.1, -0.05) is 45.4 Å². The van der Waals surface area contributed by atoms with Gasteiger partial charge in [0.05, 0.1) is 12.0 Å². The molecule has 0 atom stereocenters. The van der Waals surface area contributed by atoms with Crippen molar-refractivity contribution in [3.63, 3.8) is 0 Å². The standard InChI is InChI=1S/C26H33F3O5/c1-6-17-12-16(5)13-18(7-2)20(17)21-22(33-23(30)15(3)4)25(34-24(21)31)10-8-19(9-11-25)32-14-26(27,28)29/h12-13,15,19H,6-11,14H2,1-5H3/t19-,25+. The smallest absolute Gasteiger partial charge is 0.411 e. The molecule has 0 N–H and O–H groups in total. The lowest BCUT2D eigenvalue weighted by molar-refractivity contribution is -0.193. The molecule has 0 saturated heterocycles. The zero-order valence-corrected chi connectivity index (χ0v) is 20.4. The molecule has 0 unspecified atom stereocenters. The first-order valence-corrected chi connectivity index (χ1v) is 11.9. The Hall–Kier alpha value is -2.35. The van der Waals surface area contributed by atoms with Gasteiger partial charge < -0.3 is 14.2 Å². The fourth-order valence-electron chi connectivity index (χ4n) is 4.76. The number of carbonyl (C=O) groups is 2. The number of halogens is 3. The molecule has 1 aliphatic carbocycles. The Labute approximate surface area is 198 Å². The fourth-order valence-corrected chi connectivity index (χ4v) is 4.76. The molecule has 1 spiro atoms. The van der Waals surface area contributed by atoms with Gasteiger partial charge in [0.15, 0.2) is 11.4 Å². The average molecular weight is 483 g/mol. The number of rotatable bonds is 7. The van der Waals surface area contributed by atoms with Gasteiger partial charge in [-0.15, -0.1) is 0 Å². The predicted molar refractivity (Wildman–Crippen MR) is 121 cm³/mol. The van der Waals surface area contributed by atoms with Crippen molar-refractivity contribution in [2.24, 2.45) is 5.92 Å². The molecule has 34 heavy (non-hydrogen) atoms. The first-order chi connectivity index (χ1) is 15.9. The summed E-state index contributed by atoms with van der Waals surface area (Å²) in [6.45, 7) is 8.08. The predicted octanol–water partition coefficient (Wildman–Crippen LogP) is 5.85. The van der Waals surface area contributed by atoms with E-state index in [1.165, 1.54) is 0 Å². The van der Waals surface area contributed by atoms with Crippen LogP contribution in [0.1, 0.15) is 75.6 Å². The van der Waals surface area contributed by atoms with Gasteiger partial charge in [0.1, 0.15) is 12.2 Å². The van der Waals surface area contributed by atoms with Crippen molar-refractivity contribution in [1.29, 1.82) is 0 Å². The maximum Gasteiger partial charge on any atom is 0.411 e. The molecule has 0 bridgehead atoms. The van der Waals surface area contributed by atoms with Crippen LogP contribution in [-0.4, -0.2) is 36.4 Å². The van der Waals surface area contributed by atoms with Crippen LogP contribution < -0.4 is 0 Å². The van der Waals surface area contributed by atoms with Gasteiger partial charge in [0.25, 0.3) is 0 Å². The Balaban J connectivity index is 2.06. The van der Waals surface area contributed by atoms with Crippen LogP contribution in [0.4, 0.5) is 13.2 Å². The minimum atomic E-state index is -4.40.